The first kappa shape index (κ1) is 16.6. The summed E-state index contributed by atoms with van der Waals surface area (Å²) in [6.45, 7) is 6.74. The Kier molecular flexibility index (Phi) is 5.55. The van der Waals surface area contributed by atoms with Crippen LogP contribution >= 0.6 is 0 Å². The Morgan fingerprint density at radius 2 is 2.00 bits per heavy atom. The van der Waals surface area contributed by atoms with E-state index in [-0.39, 0.29) is 5.91 Å². The predicted molar refractivity (Wildman–Crippen MR) is 92.8 cm³/mol. The third-order valence-electron chi connectivity index (χ3n) is 3.91. The molecule has 0 aliphatic carbocycles. The van der Waals surface area contributed by atoms with Crippen LogP contribution in [0.1, 0.15) is 12.7 Å². The van der Waals surface area contributed by atoms with E-state index in [4.69, 9.17) is 9.72 Å². The van der Waals surface area contributed by atoms with Crippen molar-refractivity contribution >= 4 is 22.6 Å². The molecule has 7 heteroatoms. The highest BCUT2D eigenvalue weighted by atomic mass is 16.5. The lowest BCUT2D eigenvalue weighted by Crippen LogP contribution is -2.36. The van der Waals surface area contributed by atoms with Crippen LogP contribution in [0.15, 0.2) is 24.3 Å². The highest BCUT2D eigenvalue weighted by Gasteiger charge is 2.14. The number of fused-ring (bicyclic) bond motifs is 1. The lowest BCUT2D eigenvalue weighted by Gasteiger charge is -2.26. The smallest absolute Gasteiger partial charge is 0.216 e. The van der Waals surface area contributed by atoms with Crippen molar-refractivity contribution in [2.75, 3.05) is 44.7 Å². The maximum atomic E-state index is 11.0. The molecule has 2 N–H and O–H groups in total. The number of aromatic nitrogens is 2. The first-order chi connectivity index (χ1) is 11.7. The van der Waals surface area contributed by atoms with E-state index in [9.17, 15) is 4.79 Å². The lowest BCUT2D eigenvalue weighted by molar-refractivity contribution is -0.118. The van der Waals surface area contributed by atoms with Crippen LogP contribution in [-0.4, -0.2) is 60.2 Å². The molecule has 2 heterocycles. The van der Waals surface area contributed by atoms with Gasteiger partial charge in [-0.3, -0.25) is 9.69 Å². The fraction of sp³-hybridized carbons (Fsp3) is 0.471. The van der Waals surface area contributed by atoms with Gasteiger partial charge in [0.2, 0.25) is 5.91 Å². The maximum absolute atomic E-state index is 11.0. The predicted octanol–water partition coefficient (Wildman–Crippen LogP) is 1.01. The molecule has 0 radical (unpaired) electrons. The number of carbonyl (C=O) groups is 1. The van der Waals surface area contributed by atoms with Crippen LogP contribution in [0, 0.1) is 0 Å². The fourth-order valence-corrected chi connectivity index (χ4v) is 2.71. The Morgan fingerprint density at radius 1 is 1.21 bits per heavy atom. The highest BCUT2D eigenvalue weighted by molar-refractivity contribution is 5.89. The second-order valence-corrected chi connectivity index (χ2v) is 5.80. The molecule has 0 unspecified atom stereocenters. The van der Waals surface area contributed by atoms with Gasteiger partial charge < -0.3 is 15.4 Å². The van der Waals surface area contributed by atoms with E-state index in [1.165, 1.54) is 6.92 Å². The fourth-order valence-electron chi connectivity index (χ4n) is 2.71. The van der Waals surface area contributed by atoms with Crippen molar-refractivity contribution in [1.82, 2.24) is 20.2 Å². The first-order valence-electron chi connectivity index (χ1n) is 8.26. The molecule has 1 saturated heterocycles. The Morgan fingerprint density at radius 3 is 2.79 bits per heavy atom. The van der Waals surface area contributed by atoms with Crippen LogP contribution in [0.5, 0.6) is 0 Å². The molecule has 1 aliphatic rings. The van der Waals surface area contributed by atoms with Crippen LogP contribution in [0.25, 0.3) is 10.9 Å². The Bertz CT molecular complexity index is 700. The van der Waals surface area contributed by atoms with Gasteiger partial charge in [-0.15, -0.1) is 0 Å². The van der Waals surface area contributed by atoms with E-state index in [0.717, 1.165) is 48.8 Å². The number of para-hydroxylation sites is 1. The third kappa shape index (κ3) is 4.39. The van der Waals surface area contributed by atoms with Gasteiger partial charge in [0.15, 0.2) is 0 Å². The molecule has 7 nitrogen and oxygen atoms in total. The van der Waals surface area contributed by atoms with Crippen LogP contribution in [-0.2, 0) is 16.1 Å². The standard InChI is InChI=1S/C17H23N5O2/c1-13(23)18-6-7-19-17-14-4-2-3-5-15(14)20-16(21-17)12-22-8-10-24-11-9-22/h2-5H,6-12H2,1H3,(H,18,23)(H,19,20,21). The molecule has 1 aromatic heterocycles. The van der Waals surface area contributed by atoms with Crippen LogP contribution < -0.4 is 10.6 Å². The Hall–Kier alpha value is -2.25. The zero-order valence-electron chi connectivity index (χ0n) is 13.9. The van der Waals surface area contributed by atoms with E-state index in [2.05, 4.69) is 20.5 Å². The largest absolute Gasteiger partial charge is 0.379 e. The number of nitrogens with zero attached hydrogens (tertiary/aromatic N) is 3. The summed E-state index contributed by atoms with van der Waals surface area (Å²) in [4.78, 5) is 22.6. The summed E-state index contributed by atoms with van der Waals surface area (Å²) in [5.74, 6) is 1.59. The quantitative estimate of drug-likeness (QED) is 0.770. The van der Waals surface area contributed by atoms with Crippen molar-refractivity contribution in [1.29, 1.82) is 0 Å². The van der Waals surface area contributed by atoms with Gasteiger partial charge in [-0.2, -0.15) is 0 Å². The molecule has 1 fully saturated rings. The van der Waals surface area contributed by atoms with E-state index in [1.807, 2.05) is 24.3 Å². The second kappa shape index (κ2) is 8.03. The minimum absolute atomic E-state index is 0.0302. The summed E-state index contributed by atoms with van der Waals surface area (Å²) in [6, 6.07) is 7.97. The van der Waals surface area contributed by atoms with Gasteiger partial charge in [0.25, 0.3) is 0 Å². The van der Waals surface area contributed by atoms with Crippen molar-refractivity contribution in [3.63, 3.8) is 0 Å². The molecule has 0 atom stereocenters. The summed E-state index contributed by atoms with van der Waals surface area (Å²) in [5, 5.41) is 7.08. The number of hydrogen-bond donors (Lipinski definition) is 2. The van der Waals surface area contributed by atoms with Crippen molar-refractivity contribution in [3.8, 4) is 0 Å². The molecule has 3 rings (SSSR count). The SMILES string of the molecule is CC(=O)NCCNc1nc(CN2CCOCC2)nc2ccccc12. The number of anilines is 1. The number of ether oxygens (including phenoxy) is 1. The molecular formula is C17H23N5O2. The molecule has 128 valence electrons. The number of benzene rings is 1. The molecule has 24 heavy (non-hydrogen) atoms. The molecule has 0 spiro atoms. The molecular weight excluding hydrogens is 306 g/mol. The molecule has 1 aromatic carbocycles. The van der Waals surface area contributed by atoms with Crippen LogP contribution in [0.2, 0.25) is 0 Å². The van der Waals surface area contributed by atoms with E-state index in [0.29, 0.717) is 19.6 Å². The summed E-state index contributed by atoms with van der Waals surface area (Å²) in [7, 11) is 0. The van der Waals surface area contributed by atoms with E-state index >= 15 is 0 Å². The average molecular weight is 329 g/mol. The molecule has 0 bridgehead atoms. The minimum Gasteiger partial charge on any atom is -0.379 e. The van der Waals surface area contributed by atoms with Crippen molar-refractivity contribution in [2.24, 2.45) is 0 Å². The highest BCUT2D eigenvalue weighted by Crippen LogP contribution is 2.20. The molecule has 1 amide bonds. The number of nitrogens with one attached hydrogen (secondary N) is 2. The molecule has 0 saturated carbocycles. The van der Waals surface area contributed by atoms with E-state index in [1.54, 1.807) is 0 Å². The van der Waals surface area contributed by atoms with Gasteiger partial charge in [-0.05, 0) is 12.1 Å². The zero-order valence-corrected chi connectivity index (χ0v) is 13.9. The van der Waals surface area contributed by atoms with Gasteiger partial charge in [-0.1, -0.05) is 12.1 Å². The number of morpholine rings is 1. The van der Waals surface area contributed by atoms with Crippen molar-refractivity contribution in [3.05, 3.63) is 30.1 Å². The first-order valence-corrected chi connectivity index (χ1v) is 8.26. The monoisotopic (exact) mass is 329 g/mol. The number of rotatable bonds is 6. The molecule has 2 aromatic rings. The average Bonchev–Trinajstić information content (AvgIpc) is 2.59. The Balaban J connectivity index is 1.75. The zero-order chi connectivity index (χ0) is 16.8. The Labute approximate surface area is 141 Å². The number of carbonyl (C=O) groups excluding carboxylic acids is 1. The summed E-state index contributed by atoms with van der Waals surface area (Å²) in [5.41, 5.74) is 0.929. The normalized spacial score (nSPS) is 15.4. The minimum atomic E-state index is -0.0302. The second-order valence-electron chi connectivity index (χ2n) is 5.80. The van der Waals surface area contributed by atoms with Gasteiger partial charge >= 0.3 is 0 Å². The van der Waals surface area contributed by atoms with Crippen LogP contribution in [0.3, 0.4) is 0 Å². The van der Waals surface area contributed by atoms with Gasteiger partial charge in [0, 0.05) is 38.5 Å². The lowest BCUT2D eigenvalue weighted by atomic mass is 10.2. The van der Waals surface area contributed by atoms with Crippen molar-refractivity contribution < 1.29 is 9.53 Å². The molecule has 1 aliphatic heterocycles. The van der Waals surface area contributed by atoms with E-state index < -0.39 is 0 Å². The maximum Gasteiger partial charge on any atom is 0.216 e. The summed E-state index contributed by atoms with van der Waals surface area (Å²) in [6.07, 6.45) is 0. The summed E-state index contributed by atoms with van der Waals surface area (Å²) < 4.78 is 5.39. The topological polar surface area (TPSA) is 79.4 Å². The third-order valence-corrected chi connectivity index (χ3v) is 3.91. The van der Waals surface area contributed by atoms with Gasteiger partial charge in [0.05, 0.1) is 25.3 Å². The van der Waals surface area contributed by atoms with Crippen molar-refractivity contribution in [2.45, 2.75) is 13.5 Å². The number of amides is 1. The van der Waals surface area contributed by atoms with Gasteiger partial charge in [0.1, 0.15) is 11.6 Å². The van der Waals surface area contributed by atoms with Gasteiger partial charge in [-0.25, -0.2) is 9.97 Å². The number of hydrogen-bond acceptors (Lipinski definition) is 6. The van der Waals surface area contributed by atoms with Crippen LogP contribution in [0.4, 0.5) is 5.82 Å². The summed E-state index contributed by atoms with van der Waals surface area (Å²) >= 11 is 0.